The number of nitrogens with one attached hydrogen (secondary N) is 1. The summed E-state index contributed by atoms with van der Waals surface area (Å²) in [6.45, 7) is 3.62. The van der Waals surface area contributed by atoms with Crippen LogP contribution in [0.5, 0.6) is 5.75 Å². The molecule has 10 nitrogen and oxygen atoms in total. The van der Waals surface area contributed by atoms with E-state index in [1.807, 2.05) is 56.3 Å². The summed E-state index contributed by atoms with van der Waals surface area (Å²) in [7, 11) is 1.53. The Morgan fingerprint density at radius 2 is 1.63 bits per heavy atom. The van der Waals surface area contributed by atoms with E-state index >= 15 is 0 Å². The Bertz CT molecular complexity index is 1820. The van der Waals surface area contributed by atoms with Gasteiger partial charge in [0.25, 0.3) is 5.91 Å². The standard InChI is InChI=1S/C36H34N4O6/c1-22(2)36(35(37)45,25-16-18-27(46-3)19-17-25)40-30-15-8-7-14-28(30)32(23-10-5-4-6-11-23)39-29(33(40)42)21-31(41)38-26-13-9-12-24(20-26)34(43)44/h4-20,22,29H,21H2,1-3H3,(H2,37,45)(H,38,41)(H,43,44). The third-order valence-corrected chi connectivity index (χ3v) is 8.10. The summed E-state index contributed by atoms with van der Waals surface area (Å²) >= 11 is 0. The Balaban J connectivity index is 1.70. The number of aromatic carboxylic acids is 1. The third-order valence-electron chi connectivity index (χ3n) is 8.10. The highest BCUT2D eigenvalue weighted by Gasteiger charge is 2.53. The zero-order valence-corrected chi connectivity index (χ0v) is 25.6. The average molecular weight is 619 g/mol. The van der Waals surface area contributed by atoms with E-state index in [1.54, 1.807) is 42.5 Å². The molecule has 10 heteroatoms. The Morgan fingerprint density at radius 1 is 0.957 bits per heavy atom. The number of rotatable bonds is 10. The summed E-state index contributed by atoms with van der Waals surface area (Å²) in [5.74, 6) is -3.03. The molecule has 234 valence electrons. The SMILES string of the molecule is COc1ccc(C(C(N)=O)(C(C)C)N2C(=O)C(CC(=O)Nc3cccc(C(=O)O)c3)N=C(c3ccccc3)c3ccccc32)cc1. The highest BCUT2D eigenvalue weighted by atomic mass is 16.5. The van der Waals surface area contributed by atoms with E-state index in [-0.39, 0.29) is 11.3 Å². The largest absolute Gasteiger partial charge is 0.497 e. The number of methoxy groups -OCH3 is 1. The predicted octanol–water partition coefficient (Wildman–Crippen LogP) is 5.01. The van der Waals surface area contributed by atoms with Crippen LogP contribution in [0.4, 0.5) is 11.4 Å². The van der Waals surface area contributed by atoms with Gasteiger partial charge in [-0.25, -0.2) is 4.79 Å². The number of nitrogens with zero attached hydrogens (tertiary/aromatic N) is 2. The maximum absolute atomic E-state index is 14.9. The molecular weight excluding hydrogens is 584 g/mol. The van der Waals surface area contributed by atoms with Gasteiger partial charge < -0.3 is 20.9 Å². The number of carbonyl (C=O) groups excluding carboxylic acids is 3. The first-order chi connectivity index (χ1) is 22.1. The normalized spacial score (nSPS) is 15.7. The minimum Gasteiger partial charge on any atom is -0.497 e. The molecule has 0 aromatic heterocycles. The van der Waals surface area contributed by atoms with Crippen LogP contribution in [-0.4, -0.2) is 47.7 Å². The molecule has 0 saturated carbocycles. The number of hydrogen-bond donors (Lipinski definition) is 3. The number of anilines is 2. The van der Waals surface area contributed by atoms with Gasteiger partial charge in [-0.3, -0.25) is 24.3 Å². The summed E-state index contributed by atoms with van der Waals surface area (Å²) in [4.78, 5) is 60.0. The first-order valence-corrected chi connectivity index (χ1v) is 14.7. The molecule has 46 heavy (non-hydrogen) atoms. The van der Waals surface area contributed by atoms with Crippen LogP contribution in [0.15, 0.2) is 108 Å². The number of benzodiazepines with no additional fused rings is 1. The number of aliphatic imine (C=N–C) groups is 1. The predicted molar refractivity (Wildman–Crippen MR) is 175 cm³/mol. The van der Waals surface area contributed by atoms with Gasteiger partial charge >= 0.3 is 5.97 Å². The molecule has 2 atom stereocenters. The van der Waals surface area contributed by atoms with Gasteiger partial charge in [-0.1, -0.05) is 80.6 Å². The van der Waals surface area contributed by atoms with Crippen molar-refractivity contribution >= 4 is 40.8 Å². The summed E-state index contributed by atoms with van der Waals surface area (Å²) in [5.41, 5.74) is 7.49. The second-order valence-electron chi connectivity index (χ2n) is 11.2. The zero-order valence-electron chi connectivity index (χ0n) is 25.6. The minimum absolute atomic E-state index is 0.00276. The van der Waals surface area contributed by atoms with Crippen molar-refractivity contribution in [2.45, 2.75) is 31.8 Å². The second-order valence-corrected chi connectivity index (χ2v) is 11.2. The van der Waals surface area contributed by atoms with Gasteiger partial charge in [-0.2, -0.15) is 0 Å². The van der Waals surface area contributed by atoms with E-state index in [0.29, 0.717) is 33.8 Å². The molecule has 1 aliphatic heterocycles. The highest BCUT2D eigenvalue weighted by Crippen LogP contribution is 2.44. The number of fused-ring (bicyclic) bond motifs is 1. The topological polar surface area (TPSA) is 151 Å². The number of nitrogens with two attached hydrogens (primary N) is 1. The molecule has 0 spiro atoms. The lowest BCUT2D eigenvalue weighted by Gasteiger charge is -2.45. The molecule has 0 fully saturated rings. The average Bonchev–Trinajstić information content (AvgIpc) is 3.16. The van der Waals surface area contributed by atoms with Gasteiger partial charge in [0.1, 0.15) is 11.8 Å². The van der Waals surface area contributed by atoms with Gasteiger partial charge in [-0.15, -0.1) is 0 Å². The summed E-state index contributed by atoms with van der Waals surface area (Å²) in [6.07, 6.45) is -0.396. The van der Waals surface area contributed by atoms with E-state index in [1.165, 1.54) is 30.2 Å². The molecule has 0 aliphatic carbocycles. The maximum atomic E-state index is 14.9. The van der Waals surface area contributed by atoms with Crippen molar-refractivity contribution in [3.8, 4) is 5.75 Å². The first-order valence-electron chi connectivity index (χ1n) is 14.7. The second kappa shape index (κ2) is 13.1. The van der Waals surface area contributed by atoms with Crippen LogP contribution in [0.25, 0.3) is 0 Å². The minimum atomic E-state index is -1.69. The number of ether oxygens (including phenoxy) is 1. The number of carboxylic acids is 1. The zero-order chi connectivity index (χ0) is 33.0. The number of hydrogen-bond acceptors (Lipinski definition) is 6. The van der Waals surface area contributed by atoms with Crippen LogP contribution >= 0.6 is 0 Å². The first kappa shape index (κ1) is 31.6. The van der Waals surface area contributed by atoms with Gasteiger partial charge in [0.2, 0.25) is 11.8 Å². The van der Waals surface area contributed by atoms with Crippen molar-refractivity contribution in [3.63, 3.8) is 0 Å². The van der Waals surface area contributed by atoms with Crippen LogP contribution in [-0.2, 0) is 19.9 Å². The molecule has 0 bridgehead atoms. The van der Waals surface area contributed by atoms with Crippen molar-refractivity contribution in [3.05, 3.63) is 125 Å². The molecule has 4 N–H and O–H groups in total. The van der Waals surface area contributed by atoms with Crippen LogP contribution in [0.3, 0.4) is 0 Å². The molecule has 2 unspecified atom stereocenters. The van der Waals surface area contributed by atoms with Crippen molar-refractivity contribution in [2.75, 3.05) is 17.3 Å². The number of amides is 3. The van der Waals surface area contributed by atoms with E-state index in [0.717, 1.165) is 0 Å². The Labute approximate surface area is 266 Å². The molecule has 3 amide bonds. The third kappa shape index (κ3) is 5.84. The fourth-order valence-electron chi connectivity index (χ4n) is 5.96. The van der Waals surface area contributed by atoms with Gasteiger partial charge in [0, 0.05) is 16.8 Å². The van der Waals surface area contributed by atoms with E-state index in [2.05, 4.69) is 5.32 Å². The molecule has 0 radical (unpaired) electrons. The van der Waals surface area contributed by atoms with Crippen molar-refractivity contribution in [2.24, 2.45) is 16.6 Å². The van der Waals surface area contributed by atoms with E-state index in [9.17, 15) is 24.3 Å². The number of carboxylic acid groups (broad SMARTS) is 1. The van der Waals surface area contributed by atoms with Crippen LogP contribution in [0, 0.1) is 5.92 Å². The lowest BCUT2D eigenvalue weighted by Crippen LogP contribution is -2.62. The molecule has 4 aromatic carbocycles. The Morgan fingerprint density at radius 3 is 2.26 bits per heavy atom. The van der Waals surface area contributed by atoms with E-state index < -0.39 is 47.6 Å². The lowest BCUT2D eigenvalue weighted by atomic mass is 9.76. The molecule has 4 aromatic rings. The number of carbonyl (C=O) groups is 4. The maximum Gasteiger partial charge on any atom is 0.335 e. The van der Waals surface area contributed by atoms with Gasteiger partial charge in [0.05, 0.1) is 30.5 Å². The fourth-order valence-corrected chi connectivity index (χ4v) is 5.96. The molecule has 0 saturated heterocycles. The van der Waals surface area contributed by atoms with Crippen molar-refractivity contribution in [1.29, 1.82) is 0 Å². The molecule has 1 aliphatic rings. The van der Waals surface area contributed by atoms with E-state index in [4.69, 9.17) is 15.5 Å². The van der Waals surface area contributed by atoms with Crippen LogP contribution in [0.1, 0.15) is 47.3 Å². The quantitative estimate of drug-likeness (QED) is 0.227. The summed E-state index contributed by atoms with van der Waals surface area (Å²) in [5, 5.41) is 12.1. The summed E-state index contributed by atoms with van der Waals surface area (Å²) in [6, 6.07) is 27.8. The fraction of sp³-hybridized carbons (Fsp3) is 0.194. The number of benzene rings is 4. The van der Waals surface area contributed by atoms with Crippen molar-refractivity contribution < 1.29 is 29.0 Å². The smallest absolute Gasteiger partial charge is 0.335 e. The Kier molecular flexibility index (Phi) is 8.99. The molecule has 5 rings (SSSR count). The van der Waals surface area contributed by atoms with Crippen LogP contribution in [0.2, 0.25) is 0 Å². The van der Waals surface area contributed by atoms with Crippen LogP contribution < -0.4 is 20.7 Å². The van der Waals surface area contributed by atoms with Gasteiger partial charge in [-0.05, 0) is 47.9 Å². The number of primary amides is 1. The monoisotopic (exact) mass is 618 g/mol. The van der Waals surface area contributed by atoms with Crippen molar-refractivity contribution in [1.82, 2.24) is 0 Å². The number of para-hydroxylation sites is 1. The summed E-state index contributed by atoms with van der Waals surface area (Å²) < 4.78 is 5.35. The molecule has 1 heterocycles. The highest BCUT2D eigenvalue weighted by molar-refractivity contribution is 6.22. The Hall–Kier alpha value is -5.77. The van der Waals surface area contributed by atoms with Gasteiger partial charge in [0.15, 0.2) is 5.54 Å². The molecular formula is C36H34N4O6. The lowest BCUT2D eigenvalue weighted by molar-refractivity contribution is -0.131.